The third kappa shape index (κ3) is 1.72. The molecule has 1 aliphatic carbocycles. The van der Waals surface area contributed by atoms with Crippen LogP contribution in [0.2, 0.25) is 0 Å². The Balaban J connectivity index is 1.67. The summed E-state index contributed by atoms with van der Waals surface area (Å²) in [5.74, 6) is 2.11. The van der Waals surface area contributed by atoms with Crippen LogP contribution in [0.1, 0.15) is 25.7 Å². The molecular weight excluding hydrogens is 210 g/mol. The number of hydrogen-bond donors (Lipinski definition) is 1. The standard InChI is InChI=1S/C11H19NO2S/c13-15(14)5-2-9(7-15)10-6-11(10)3-1-4-12-8-11/h9-10,12H,1-8H2. The molecule has 3 fully saturated rings. The Hall–Kier alpha value is -0.0900. The van der Waals surface area contributed by atoms with Crippen molar-refractivity contribution in [3.8, 4) is 0 Å². The van der Waals surface area contributed by atoms with Crippen LogP contribution in [0.25, 0.3) is 0 Å². The monoisotopic (exact) mass is 229 g/mol. The van der Waals surface area contributed by atoms with Crippen molar-refractivity contribution in [1.29, 1.82) is 0 Å². The van der Waals surface area contributed by atoms with E-state index in [0.29, 0.717) is 28.8 Å². The average Bonchev–Trinajstić information content (AvgIpc) is 2.75. The Morgan fingerprint density at radius 3 is 2.80 bits per heavy atom. The van der Waals surface area contributed by atoms with Gasteiger partial charge in [0.15, 0.2) is 9.84 Å². The van der Waals surface area contributed by atoms with Crippen molar-refractivity contribution in [3.05, 3.63) is 0 Å². The molecule has 15 heavy (non-hydrogen) atoms. The molecule has 3 nitrogen and oxygen atoms in total. The fourth-order valence-electron chi connectivity index (χ4n) is 3.67. The lowest BCUT2D eigenvalue weighted by Crippen LogP contribution is -2.33. The van der Waals surface area contributed by atoms with Gasteiger partial charge in [-0.2, -0.15) is 0 Å². The van der Waals surface area contributed by atoms with Crippen LogP contribution in [0, 0.1) is 17.3 Å². The summed E-state index contributed by atoms with van der Waals surface area (Å²) in [6, 6.07) is 0. The highest BCUT2D eigenvalue weighted by Crippen LogP contribution is 2.61. The molecule has 2 heterocycles. The molecule has 3 atom stereocenters. The van der Waals surface area contributed by atoms with Gasteiger partial charge in [-0.3, -0.25) is 0 Å². The van der Waals surface area contributed by atoms with E-state index in [1.54, 1.807) is 0 Å². The maximum atomic E-state index is 11.4. The number of hydrogen-bond acceptors (Lipinski definition) is 3. The van der Waals surface area contributed by atoms with Crippen LogP contribution in [-0.2, 0) is 9.84 Å². The van der Waals surface area contributed by atoms with Crippen molar-refractivity contribution in [2.45, 2.75) is 25.7 Å². The Labute approximate surface area is 91.5 Å². The quantitative estimate of drug-likeness (QED) is 0.724. The number of sulfone groups is 1. The highest BCUT2D eigenvalue weighted by Gasteiger charge is 2.58. The van der Waals surface area contributed by atoms with Gasteiger partial charge in [-0.15, -0.1) is 0 Å². The summed E-state index contributed by atoms with van der Waals surface area (Å²) >= 11 is 0. The predicted octanol–water partition coefficient (Wildman–Crippen LogP) is 0.811. The normalized spacial score (nSPS) is 48.3. The Bertz CT molecular complexity index is 357. The molecule has 0 bridgehead atoms. The van der Waals surface area contributed by atoms with Gasteiger partial charge in [0, 0.05) is 6.54 Å². The molecule has 2 saturated heterocycles. The van der Waals surface area contributed by atoms with Gasteiger partial charge in [0.2, 0.25) is 0 Å². The zero-order valence-corrected chi connectivity index (χ0v) is 9.85. The maximum absolute atomic E-state index is 11.4. The number of nitrogens with one attached hydrogen (secondary N) is 1. The highest BCUT2D eigenvalue weighted by atomic mass is 32.2. The molecule has 3 unspecified atom stereocenters. The van der Waals surface area contributed by atoms with Gasteiger partial charge in [0.25, 0.3) is 0 Å². The SMILES string of the molecule is O=S1(=O)CCC(C2CC23CCCNC3)C1. The molecule has 0 aromatic rings. The van der Waals surface area contributed by atoms with Crippen LogP contribution in [0.3, 0.4) is 0 Å². The summed E-state index contributed by atoms with van der Waals surface area (Å²) in [4.78, 5) is 0. The van der Waals surface area contributed by atoms with Crippen LogP contribution in [0.5, 0.6) is 0 Å². The minimum absolute atomic E-state index is 0.442. The summed E-state index contributed by atoms with van der Waals surface area (Å²) < 4.78 is 22.9. The Morgan fingerprint density at radius 2 is 2.20 bits per heavy atom. The van der Waals surface area contributed by atoms with Crippen LogP contribution in [0.15, 0.2) is 0 Å². The van der Waals surface area contributed by atoms with Gasteiger partial charge < -0.3 is 5.32 Å². The van der Waals surface area contributed by atoms with Crippen molar-refractivity contribution in [1.82, 2.24) is 5.32 Å². The molecule has 86 valence electrons. The van der Waals surface area contributed by atoms with E-state index < -0.39 is 9.84 Å². The van der Waals surface area contributed by atoms with Crippen LogP contribution in [0.4, 0.5) is 0 Å². The van der Waals surface area contributed by atoms with Crippen molar-refractivity contribution in [2.75, 3.05) is 24.6 Å². The molecule has 0 aromatic carbocycles. The molecule has 1 N–H and O–H groups in total. The topological polar surface area (TPSA) is 46.2 Å². The van der Waals surface area contributed by atoms with Crippen LogP contribution >= 0.6 is 0 Å². The zero-order chi connectivity index (χ0) is 10.5. The predicted molar refractivity (Wildman–Crippen MR) is 59.4 cm³/mol. The van der Waals surface area contributed by atoms with Crippen LogP contribution in [-0.4, -0.2) is 33.0 Å². The van der Waals surface area contributed by atoms with E-state index in [2.05, 4.69) is 5.32 Å². The molecule has 1 spiro atoms. The van der Waals surface area contributed by atoms with Crippen LogP contribution < -0.4 is 5.32 Å². The Kier molecular flexibility index (Phi) is 2.15. The molecule has 0 radical (unpaired) electrons. The van der Waals surface area contributed by atoms with Gasteiger partial charge in [-0.1, -0.05) is 0 Å². The third-order valence-corrected chi connectivity index (χ3v) is 6.39. The van der Waals surface area contributed by atoms with Gasteiger partial charge in [-0.05, 0) is 49.5 Å². The molecular formula is C11H19NO2S. The second-order valence-corrected chi connectivity index (χ2v) is 7.85. The molecule has 0 amide bonds. The van der Waals surface area contributed by atoms with E-state index in [0.717, 1.165) is 19.5 Å². The summed E-state index contributed by atoms with van der Waals surface area (Å²) in [5, 5.41) is 3.46. The first kappa shape index (κ1) is 10.1. The third-order valence-electron chi connectivity index (χ3n) is 4.59. The number of piperidine rings is 1. The zero-order valence-electron chi connectivity index (χ0n) is 9.04. The summed E-state index contributed by atoms with van der Waals surface area (Å²) in [6.45, 7) is 2.28. The number of rotatable bonds is 1. The Morgan fingerprint density at radius 1 is 1.33 bits per heavy atom. The van der Waals surface area contributed by atoms with Gasteiger partial charge in [0.1, 0.15) is 0 Å². The lowest BCUT2D eigenvalue weighted by molar-refractivity contribution is 0.296. The van der Waals surface area contributed by atoms with Crippen molar-refractivity contribution in [3.63, 3.8) is 0 Å². The van der Waals surface area contributed by atoms with Gasteiger partial charge in [-0.25, -0.2) is 8.42 Å². The lowest BCUT2D eigenvalue weighted by Gasteiger charge is -2.25. The minimum Gasteiger partial charge on any atom is -0.316 e. The largest absolute Gasteiger partial charge is 0.316 e. The fraction of sp³-hybridized carbons (Fsp3) is 1.00. The molecule has 1 saturated carbocycles. The van der Waals surface area contributed by atoms with E-state index in [9.17, 15) is 8.42 Å². The lowest BCUT2D eigenvalue weighted by atomic mass is 9.88. The molecule has 3 rings (SSSR count). The molecule has 2 aliphatic heterocycles. The first-order valence-corrected chi connectivity index (χ1v) is 7.85. The maximum Gasteiger partial charge on any atom is 0.150 e. The first-order chi connectivity index (χ1) is 7.11. The molecule has 0 aromatic heterocycles. The second kappa shape index (κ2) is 3.20. The second-order valence-electron chi connectivity index (χ2n) is 5.62. The van der Waals surface area contributed by atoms with Gasteiger partial charge in [0.05, 0.1) is 11.5 Å². The van der Waals surface area contributed by atoms with E-state index in [4.69, 9.17) is 0 Å². The van der Waals surface area contributed by atoms with Crippen molar-refractivity contribution < 1.29 is 8.42 Å². The summed E-state index contributed by atoms with van der Waals surface area (Å²) in [6.07, 6.45) is 4.80. The van der Waals surface area contributed by atoms with E-state index >= 15 is 0 Å². The first-order valence-electron chi connectivity index (χ1n) is 6.03. The van der Waals surface area contributed by atoms with Gasteiger partial charge >= 0.3 is 0 Å². The van der Waals surface area contributed by atoms with E-state index in [-0.39, 0.29) is 0 Å². The highest BCUT2D eigenvalue weighted by molar-refractivity contribution is 7.91. The van der Waals surface area contributed by atoms with Crippen molar-refractivity contribution in [2.24, 2.45) is 17.3 Å². The smallest absolute Gasteiger partial charge is 0.150 e. The average molecular weight is 229 g/mol. The van der Waals surface area contributed by atoms with E-state index in [1.165, 1.54) is 19.3 Å². The van der Waals surface area contributed by atoms with E-state index in [1.807, 2.05) is 0 Å². The summed E-state index contributed by atoms with van der Waals surface area (Å²) in [5.41, 5.74) is 0.503. The fourth-order valence-corrected chi connectivity index (χ4v) is 5.55. The summed E-state index contributed by atoms with van der Waals surface area (Å²) in [7, 11) is -2.68. The van der Waals surface area contributed by atoms with Crippen molar-refractivity contribution >= 4 is 9.84 Å². The minimum atomic E-state index is -2.68. The molecule has 4 heteroatoms. The molecule has 3 aliphatic rings.